The lowest BCUT2D eigenvalue weighted by atomic mass is 10.1. The first-order valence-electron chi connectivity index (χ1n) is 7.11. The Hall–Kier alpha value is -2.05. The number of hydrogen-bond donors (Lipinski definition) is 1. The average Bonchev–Trinajstić information content (AvgIpc) is 3.06. The second-order valence-electron chi connectivity index (χ2n) is 5.70. The van der Waals surface area contributed by atoms with Crippen molar-refractivity contribution in [2.24, 2.45) is 0 Å². The first-order chi connectivity index (χ1) is 10.1. The van der Waals surface area contributed by atoms with Gasteiger partial charge in [0.05, 0.1) is 23.9 Å². The van der Waals surface area contributed by atoms with Crippen LogP contribution in [0.4, 0.5) is 14.7 Å². The van der Waals surface area contributed by atoms with Gasteiger partial charge in [-0.15, -0.1) is 0 Å². The van der Waals surface area contributed by atoms with E-state index in [0.717, 1.165) is 13.0 Å². The molecule has 1 fully saturated rings. The van der Waals surface area contributed by atoms with Gasteiger partial charge < -0.3 is 9.88 Å². The summed E-state index contributed by atoms with van der Waals surface area (Å²) in [6, 6.07) is 0.299. The summed E-state index contributed by atoms with van der Waals surface area (Å²) in [4.78, 5) is 17.6. The van der Waals surface area contributed by atoms with Crippen LogP contribution in [0.25, 0.3) is 11.4 Å². The molecule has 1 aliphatic heterocycles. The largest absolute Gasteiger partial charge is 0.343 e. The molecule has 0 saturated carbocycles. The first kappa shape index (κ1) is 12.7. The van der Waals surface area contributed by atoms with Gasteiger partial charge in [0.2, 0.25) is 5.95 Å². The molecule has 0 aromatic carbocycles. The van der Waals surface area contributed by atoms with Crippen molar-refractivity contribution in [1.29, 1.82) is 0 Å². The number of hydrogen-bond acceptors (Lipinski definition) is 4. The van der Waals surface area contributed by atoms with E-state index < -0.39 is 5.92 Å². The zero-order chi connectivity index (χ0) is 14.6. The van der Waals surface area contributed by atoms with Crippen LogP contribution in [-0.2, 0) is 12.3 Å². The van der Waals surface area contributed by atoms with Gasteiger partial charge >= 0.3 is 0 Å². The lowest BCUT2D eigenvalue weighted by molar-refractivity contribution is -0.00595. The Morgan fingerprint density at radius 2 is 2.24 bits per heavy atom. The molecule has 0 amide bonds. The number of fused-ring (bicyclic) bond motifs is 1. The van der Waals surface area contributed by atoms with Gasteiger partial charge in [-0.3, -0.25) is 0 Å². The highest BCUT2D eigenvalue weighted by Crippen LogP contribution is 2.44. The molecule has 4 rings (SSSR count). The van der Waals surface area contributed by atoms with E-state index in [1.54, 1.807) is 6.20 Å². The molecule has 0 unspecified atom stereocenters. The van der Waals surface area contributed by atoms with Gasteiger partial charge in [0.25, 0.3) is 5.92 Å². The molecule has 1 N–H and O–H groups in total. The molecule has 2 aromatic heterocycles. The molecule has 2 aromatic rings. The number of rotatable bonds is 2. The van der Waals surface area contributed by atoms with E-state index in [4.69, 9.17) is 0 Å². The molecule has 0 radical (unpaired) electrons. The molecule has 110 valence electrons. The maximum atomic E-state index is 14.1. The van der Waals surface area contributed by atoms with Gasteiger partial charge in [-0.2, -0.15) is 8.78 Å². The van der Waals surface area contributed by atoms with Crippen molar-refractivity contribution in [2.75, 3.05) is 11.4 Å². The van der Waals surface area contributed by atoms with Crippen LogP contribution in [0.15, 0.2) is 12.5 Å². The summed E-state index contributed by atoms with van der Waals surface area (Å²) < 4.78 is 28.2. The van der Waals surface area contributed by atoms with Gasteiger partial charge in [0.1, 0.15) is 5.69 Å². The van der Waals surface area contributed by atoms with Crippen LogP contribution >= 0.6 is 0 Å². The Labute approximate surface area is 120 Å². The molecule has 1 saturated heterocycles. The fourth-order valence-corrected chi connectivity index (χ4v) is 2.96. The van der Waals surface area contributed by atoms with E-state index in [9.17, 15) is 8.78 Å². The standard InChI is InChI=1S/C14H15F2N5/c1-8-3-5-21(8)13-19-11(10-6-17-7-18-10)9-2-4-14(15,16)12(9)20-13/h6-8H,2-5H2,1H3,(H,17,18)/t8-/m0/s1. The van der Waals surface area contributed by atoms with Gasteiger partial charge in [-0.05, 0) is 19.8 Å². The molecule has 3 heterocycles. The van der Waals surface area contributed by atoms with Gasteiger partial charge in [-0.25, -0.2) is 15.0 Å². The Bertz CT molecular complexity index is 683. The van der Waals surface area contributed by atoms with E-state index in [1.807, 2.05) is 11.8 Å². The summed E-state index contributed by atoms with van der Waals surface area (Å²) in [5.41, 5.74) is 1.65. The molecule has 0 bridgehead atoms. The second kappa shape index (κ2) is 4.22. The van der Waals surface area contributed by atoms with Crippen LogP contribution in [0, 0.1) is 0 Å². The lowest BCUT2D eigenvalue weighted by Gasteiger charge is -2.39. The molecule has 21 heavy (non-hydrogen) atoms. The number of imidazole rings is 1. The molecule has 1 atom stereocenters. The van der Waals surface area contributed by atoms with Crippen molar-refractivity contribution in [3.05, 3.63) is 23.8 Å². The number of anilines is 1. The smallest absolute Gasteiger partial charge is 0.290 e. The molecular weight excluding hydrogens is 276 g/mol. The number of H-pyrrole nitrogens is 1. The summed E-state index contributed by atoms with van der Waals surface area (Å²) in [6.07, 6.45) is 4.28. The van der Waals surface area contributed by atoms with Crippen LogP contribution in [0.3, 0.4) is 0 Å². The quantitative estimate of drug-likeness (QED) is 0.923. The van der Waals surface area contributed by atoms with Crippen molar-refractivity contribution in [3.8, 4) is 11.4 Å². The minimum absolute atomic E-state index is 0.115. The Kier molecular flexibility index (Phi) is 2.55. The summed E-state index contributed by atoms with van der Waals surface area (Å²) in [5.74, 6) is -2.46. The van der Waals surface area contributed by atoms with Crippen molar-refractivity contribution >= 4 is 5.95 Å². The third-order valence-electron chi connectivity index (χ3n) is 4.36. The van der Waals surface area contributed by atoms with Crippen LogP contribution < -0.4 is 4.90 Å². The second-order valence-corrected chi connectivity index (χ2v) is 5.70. The first-order valence-corrected chi connectivity index (χ1v) is 7.11. The predicted octanol–water partition coefficient (Wildman–Crippen LogP) is 2.50. The normalized spacial score (nSPS) is 23.0. The van der Waals surface area contributed by atoms with Crippen molar-refractivity contribution in [2.45, 2.75) is 38.2 Å². The topological polar surface area (TPSA) is 57.7 Å². The number of aromatic nitrogens is 4. The monoisotopic (exact) mass is 291 g/mol. The fraction of sp³-hybridized carbons (Fsp3) is 0.500. The number of nitrogens with one attached hydrogen (secondary N) is 1. The number of aromatic amines is 1. The maximum absolute atomic E-state index is 14.1. The minimum atomic E-state index is -2.87. The summed E-state index contributed by atoms with van der Waals surface area (Å²) >= 11 is 0. The van der Waals surface area contributed by atoms with Crippen LogP contribution in [0.5, 0.6) is 0 Å². The van der Waals surface area contributed by atoms with Crippen molar-refractivity contribution in [1.82, 2.24) is 19.9 Å². The van der Waals surface area contributed by atoms with Crippen molar-refractivity contribution < 1.29 is 8.78 Å². The SMILES string of the molecule is C[C@H]1CCN1c1nc(-c2cnc[nH]2)c2c(n1)C(F)(F)CC2. The molecule has 2 aliphatic rings. The van der Waals surface area contributed by atoms with Crippen molar-refractivity contribution in [3.63, 3.8) is 0 Å². The van der Waals surface area contributed by atoms with Crippen LogP contribution in [0.2, 0.25) is 0 Å². The Morgan fingerprint density at radius 1 is 1.38 bits per heavy atom. The van der Waals surface area contributed by atoms with Gasteiger partial charge in [0, 0.05) is 24.6 Å². The third kappa shape index (κ3) is 1.83. The maximum Gasteiger partial charge on any atom is 0.290 e. The highest BCUT2D eigenvalue weighted by atomic mass is 19.3. The fourth-order valence-electron chi connectivity index (χ4n) is 2.96. The summed E-state index contributed by atoms with van der Waals surface area (Å²) in [5, 5.41) is 0. The molecule has 7 heteroatoms. The van der Waals surface area contributed by atoms with E-state index in [2.05, 4.69) is 19.9 Å². The highest BCUT2D eigenvalue weighted by Gasteiger charge is 2.44. The molecule has 0 spiro atoms. The highest BCUT2D eigenvalue weighted by molar-refractivity contribution is 5.63. The number of nitrogens with zero attached hydrogens (tertiary/aromatic N) is 4. The van der Waals surface area contributed by atoms with E-state index in [-0.39, 0.29) is 12.1 Å². The van der Waals surface area contributed by atoms with Gasteiger partial charge in [-0.1, -0.05) is 0 Å². The lowest BCUT2D eigenvalue weighted by Crippen LogP contribution is -2.47. The molecule has 5 nitrogen and oxygen atoms in total. The van der Waals surface area contributed by atoms with Crippen LogP contribution in [-0.4, -0.2) is 32.5 Å². The minimum Gasteiger partial charge on any atom is -0.343 e. The average molecular weight is 291 g/mol. The van der Waals surface area contributed by atoms with E-state index in [0.29, 0.717) is 35.4 Å². The molecular formula is C14H15F2N5. The van der Waals surface area contributed by atoms with E-state index >= 15 is 0 Å². The Balaban J connectivity index is 1.90. The van der Waals surface area contributed by atoms with E-state index in [1.165, 1.54) is 6.33 Å². The molecule has 1 aliphatic carbocycles. The van der Waals surface area contributed by atoms with Crippen LogP contribution in [0.1, 0.15) is 31.0 Å². The summed E-state index contributed by atoms with van der Waals surface area (Å²) in [7, 11) is 0. The zero-order valence-corrected chi connectivity index (χ0v) is 11.6. The van der Waals surface area contributed by atoms with Gasteiger partial charge in [0.15, 0.2) is 0 Å². The Morgan fingerprint density at radius 3 is 2.86 bits per heavy atom. The zero-order valence-electron chi connectivity index (χ0n) is 11.6. The number of alkyl halides is 2. The summed E-state index contributed by atoms with van der Waals surface area (Å²) in [6.45, 7) is 2.86. The predicted molar refractivity (Wildman–Crippen MR) is 73.3 cm³/mol. The third-order valence-corrected chi connectivity index (χ3v) is 4.36. The number of halogens is 2.